The van der Waals surface area contributed by atoms with Crippen LogP contribution in [0, 0.1) is 12.8 Å². The molecular weight excluding hydrogens is 312 g/mol. The smallest absolute Gasteiger partial charge is 0.315 e. The van der Waals surface area contributed by atoms with E-state index in [1.807, 2.05) is 18.0 Å². The lowest BCUT2D eigenvalue weighted by Gasteiger charge is -2.19. The summed E-state index contributed by atoms with van der Waals surface area (Å²) in [6.07, 6.45) is 6.78. The van der Waals surface area contributed by atoms with Crippen molar-refractivity contribution in [3.05, 3.63) is 16.1 Å². The number of hydrogen-bond donors (Lipinski definition) is 2. The van der Waals surface area contributed by atoms with Crippen molar-refractivity contribution in [2.75, 3.05) is 6.54 Å². The zero-order valence-electron chi connectivity index (χ0n) is 13.2. The molecule has 1 aromatic rings. The predicted molar refractivity (Wildman–Crippen MR) is 87.1 cm³/mol. The SMILES string of the molecule is Cc1cnc(C(NC(=O)NC2CC(=O)N(C3CC3)C2)C2CC2)s1. The lowest BCUT2D eigenvalue weighted by Crippen LogP contribution is -2.45. The molecule has 0 spiro atoms. The summed E-state index contributed by atoms with van der Waals surface area (Å²) >= 11 is 1.65. The van der Waals surface area contributed by atoms with Crippen LogP contribution in [0.3, 0.4) is 0 Å². The molecule has 3 fully saturated rings. The Morgan fingerprint density at radius 3 is 2.78 bits per heavy atom. The lowest BCUT2D eigenvalue weighted by molar-refractivity contribution is -0.128. The molecule has 2 atom stereocenters. The maximum Gasteiger partial charge on any atom is 0.315 e. The van der Waals surface area contributed by atoms with Gasteiger partial charge in [0.15, 0.2) is 0 Å². The van der Waals surface area contributed by atoms with E-state index in [0.717, 1.165) is 35.6 Å². The second-order valence-electron chi connectivity index (χ2n) is 6.92. The quantitative estimate of drug-likeness (QED) is 0.864. The number of thiazole rings is 1. The number of amides is 3. The monoisotopic (exact) mass is 334 g/mol. The number of carbonyl (C=O) groups excluding carboxylic acids is 2. The van der Waals surface area contributed by atoms with Crippen LogP contribution in [0.2, 0.25) is 0 Å². The van der Waals surface area contributed by atoms with Crippen LogP contribution in [0.15, 0.2) is 6.20 Å². The molecule has 1 aromatic heterocycles. The number of nitrogens with one attached hydrogen (secondary N) is 2. The zero-order chi connectivity index (χ0) is 16.0. The standard InChI is InChI=1S/C16H22N4O2S/c1-9-7-17-15(23-9)14(10-2-3-10)19-16(22)18-11-6-13(21)20(8-11)12-4-5-12/h7,10-12,14H,2-6,8H2,1H3,(H2,18,19,22). The number of carbonyl (C=O) groups is 2. The van der Waals surface area contributed by atoms with Crippen LogP contribution in [0.4, 0.5) is 4.79 Å². The Morgan fingerprint density at radius 2 is 2.17 bits per heavy atom. The minimum Gasteiger partial charge on any atom is -0.338 e. The molecule has 7 heteroatoms. The summed E-state index contributed by atoms with van der Waals surface area (Å²) in [5.41, 5.74) is 0. The normalized spacial score (nSPS) is 25.5. The van der Waals surface area contributed by atoms with Gasteiger partial charge in [0.05, 0.1) is 12.1 Å². The highest BCUT2D eigenvalue weighted by molar-refractivity contribution is 7.11. The summed E-state index contributed by atoms with van der Waals surface area (Å²) in [6, 6.07) is 0.186. The average Bonchev–Trinajstić information content (AvgIpc) is 3.41. The highest BCUT2D eigenvalue weighted by Gasteiger charge is 2.40. The van der Waals surface area contributed by atoms with E-state index in [2.05, 4.69) is 15.6 Å². The van der Waals surface area contributed by atoms with E-state index < -0.39 is 0 Å². The topological polar surface area (TPSA) is 74.3 Å². The number of rotatable bonds is 5. The molecule has 2 saturated carbocycles. The van der Waals surface area contributed by atoms with Crippen LogP contribution >= 0.6 is 11.3 Å². The molecule has 0 aromatic carbocycles. The van der Waals surface area contributed by atoms with Crippen molar-refractivity contribution < 1.29 is 9.59 Å². The highest BCUT2D eigenvalue weighted by Crippen LogP contribution is 2.42. The van der Waals surface area contributed by atoms with Gasteiger partial charge < -0.3 is 15.5 Å². The maximum atomic E-state index is 12.3. The third kappa shape index (κ3) is 3.34. The molecule has 124 valence electrons. The molecule has 0 bridgehead atoms. The van der Waals surface area contributed by atoms with E-state index in [1.165, 1.54) is 0 Å². The van der Waals surface area contributed by atoms with E-state index in [-0.39, 0.29) is 24.0 Å². The fourth-order valence-electron chi connectivity index (χ4n) is 3.26. The Balaban J connectivity index is 1.34. The molecule has 3 amide bonds. The van der Waals surface area contributed by atoms with Crippen molar-refractivity contribution in [2.45, 2.75) is 57.2 Å². The second-order valence-corrected chi connectivity index (χ2v) is 8.19. The molecule has 0 radical (unpaired) electrons. The van der Waals surface area contributed by atoms with Crippen LogP contribution < -0.4 is 10.6 Å². The van der Waals surface area contributed by atoms with E-state index in [4.69, 9.17) is 0 Å². The van der Waals surface area contributed by atoms with Gasteiger partial charge in [-0.2, -0.15) is 0 Å². The maximum absolute atomic E-state index is 12.3. The number of urea groups is 1. The van der Waals surface area contributed by atoms with E-state index in [1.54, 1.807) is 11.3 Å². The van der Waals surface area contributed by atoms with E-state index in [0.29, 0.717) is 24.9 Å². The summed E-state index contributed by atoms with van der Waals surface area (Å²) in [7, 11) is 0. The molecule has 1 saturated heterocycles. The van der Waals surface area contributed by atoms with Crippen molar-refractivity contribution >= 4 is 23.3 Å². The Hall–Kier alpha value is -1.63. The number of likely N-dealkylation sites (tertiary alicyclic amines) is 1. The van der Waals surface area contributed by atoms with Crippen molar-refractivity contribution in [2.24, 2.45) is 5.92 Å². The summed E-state index contributed by atoms with van der Waals surface area (Å²) in [6.45, 7) is 2.68. The second kappa shape index (κ2) is 5.78. The van der Waals surface area contributed by atoms with Gasteiger partial charge in [0.1, 0.15) is 5.01 Å². The molecule has 2 unspecified atom stereocenters. The van der Waals surface area contributed by atoms with Gasteiger partial charge in [0.2, 0.25) is 5.91 Å². The Labute approximate surface area is 139 Å². The Bertz CT molecular complexity index is 623. The van der Waals surface area contributed by atoms with Crippen molar-refractivity contribution in [3.63, 3.8) is 0 Å². The van der Waals surface area contributed by atoms with Gasteiger partial charge in [-0.05, 0) is 38.5 Å². The van der Waals surface area contributed by atoms with Crippen molar-refractivity contribution in [1.29, 1.82) is 0 Å². The van der Waals surface area contributed by atoms with Gasteiger partial charge in [0.25, 0.3) is 0 Å². The summed E-state index contributed by atoms with van der Waals surface area (Å²) in [5, 5.41) is 7.04. The number of hydrogen-bond acceptors (Lipinski definition) is 4. The van der Waals surface area contributed by atoms with Gasteiger partial charge in [-0.25, -0.2) is 9.78 Å². The van der Waals surface area contributed by atoms with Gasteiger partial charge in [0, 0.05) is 30.1 Å². The Kier molecular flexibility index (Phi) is 3.75. The minimum atomic E-state index is -0.176. The first-order valence-corrected chi connectivity index (χ1v) is 9.20. The molecule has 2 heterocycles. The van der Waals surface area contributed by atoms with Gasteiger partial charge in [-0.1, -0.05) is 0 Å². The van der Waals surface area contributed by atoms with Gasteiger partial charge >= 0.3 is 6.03 Å². The van der Waals surface area contributed by atoms with Crippen molar-refractivity contribution in [1.82, 2.24) is 20.5 Å². The number of aromatic nitrogens is 1. The van der Waals surface area contributed by atoms with Crippen LogP contribution in [-0.2, 0) is 4.79 Å². The van der Waals surface area contributed by atoms with Gasteiger partial charge in [-0.3, -0.25) is 4.79 Å². The molecule has 2 N–H and O–H groups in total. The lowest BCUT2D eigenvalue weighted by atomic mass is 10.2. The predicted octanol–water partition coefficient (Wildman–Crippen LogP) is 1.97. The molecular formula is C16H22N4O2S. The summed E-state index contributed by atoms with van der Waals surface area (Å²) in [4.78, 5) is 31.8. The first-order valence-electron chi connectivity index (χ1n) is 8.39. The van der Waals surface area contributed by atoms with Crippen LogP contribution in [-0.4, -0.2) is 40.5 Å². The van der Waals surface area contributed by atoms with Crippen LogP contribution in [0.5, 0.6) is 0 Å². The third-order valence-corrected chi connectivity index (χ3v) is 5.76. The van der Waals surface area contributed by atoms with E-state index >= 15 is 0 Å². The molecule has 3 aliphatic rings. The highest BCUT2D eigenvalue weighted by atomic mass is 32.1. The minimum absolute atomic E-state index is 0.00494. The molecule has 1 aliphatic heterocycles. The molecule has 4 rings (SSSR count). The molecule has 6 nitrogen and oxygen atoms in total. The largest absolute Gasteiger partial charge is 0.338 e. The van der Waals surface area contributed by atoms with Crippen LogP contribution in [0.25, 0.3) is 0 Å². The van der Waals surface area contributed by atoms with Crippen molar-refractivity contribution in [3.8, 4) is 0 Å². The third-order valence-electron chi connectivity index (χ3n) is 4.77. The zero-order valence-corrected chi connectivity index (χ0v) is 14.1. The first-order chi connectivity index (χ1) is 11.1. The summed E-state index contributed by atoms with van der Waals surface area (Å²) < 4.78 is 0. The first kappa shape index (κ1) is 14.9. The van der Waals surface area contributed by atoms with E-state index in [9.17, 15) is 9.59 Å². The molecule has 23 heavy (non-hydrogen) atoms. The summed E-state index contributed by atoms with van der Waals surface area (Å²) in [5.74, 6) is 0.673. The van der Waals surface area contributed by atoms with Crippen LogP contribution in [0.1, 0.15) is 48.0 Å². The fraction of sp³-hybridized carbons (Fsp3) is 0.688. The average molecular weight is 334 g/mol. The fourth-order valence-corrected chi connectivity index (χ4v) is 4.18. The molecule has 2 aliphatic carbocycles. The number of nitrogens with zero attached hydrogens (tertiary/aromatic N) is 2. The Morgan fingerprint density at radius 1 is 1.39 bits per heavy atom. The number of aryl methyl sites for hydroxylation is 1. The van der Waals surface area contributed by atoms with Gasteiger partial charge in [-0.15, -0.1) is 11.3 Å².